The molecule has 1 fully saturated rings. The quantitative estimate of drug-likeness (QED) is 0.845. The minimum absolute atomic E-state index is 0.286. The van der Waals surface area contributed by atoms with Crippen LogP contribution >= 0.6 is 11.8 Å². The summed E-state index contributed by atoms with van der Waals surface area (Å²) in [6.45, 7) is 0. The van der Waals surface area contributed by atoms with Gasteiger partial charge in [0.1, 0.15) is 0 Å². The van der Waals surface area contributed by atoms with Gasteiger partial charge in [-0.2, -0.15) is 0 Å². The molecule has 2 heterocycles. The Morgan fingerprint density at radius 3 is 3.00 bits per heavy atom. The number of pyridine rings is 1. The van der Waals surface area contributed by atoms with E-state index in [0.29, 0.717) is 5.25 Å². The zero-order valence-corrected chi connectivity index (χ0v) is 11.1. The third kappa shape index (κ3) is 2.37. The lowest BCUT2D eigenvalue weighted by atomic mass is 10.1. The topological polar surface area (TPSA) is 56.2 Å². The maximum Gasteiger partial charge on any atom is 0.195 e. The van der Waals surface area contributed by atoms with Gasteiger partial charge in [0.25, 0.3) is 0 Å². The van der Waals surface area contributed by atoms with Crippen LogP contribution in [0.4, 0.5) is 0 Å². The molecular formula is C13H18N4S. The van der Waals surface area contributed by atoms with Crippen molar-refractivity contribution in [2.45, 2.75) is 48.6 Å². The molecule has 0 spiro atoms. The summed E-state index contributed by atoms with van der Waals surface area (Å²) in [7, 11) is 0. The van der Waals surface area contributed by atoms with E-state index in [1.807, 2.05) is 28.8 Å². The molecule has 2 aromatic heterocycles. The van der Waals surface area contributed by atoms with Crippen LogP contribution in [0.15, 0.2) is 29.6 Å². The van der Waals surface area contributed by atoms with Gasteiger partial charge < -0.3 is 5.73 Å². The molecule has 1 aliphatic rings. The molecule has 0 radical (unpaired) electrons. The normalized spacial score (nSPS) is 25.2. The number of hydrogen-bond donors (Lipinski definition) is 1. The first-order chi connectivity index (χ1) is 8.84. The van der Waals surface area contributed by atoms with Crippen molar-refractivity contribution >= 4 is 17.4 Å². The van der Waals surface area contributed by atoms with Gasteiger partial charge in [-0.3, -0.25) is 4.40 Å². The third-order valence-corrected chi connectivity index (χ3v) is 4.92. The van der Waals surface area contributed by atoms with E-state index in [-0.39, 0.29) is 6.04 Å². The Labute approximate surface area is 111 Å². The molecule has 1 aliphatic carbocycles. The molecule has 1 saturated carbocycles. The molecule has 4 nitrogen and oxygen atoms in total. The number of hydrogen-bond acceptors (Lipinski definition) is 4. The van der Waals surface area contributed by atoms with Crippen molar-refractivity contribution in [1.82, 2.24) is 14.6 Å². The van der Waals surface area contributed by atoms with Crippen LogP contribution in [0, 0.1) is 0 Å². The van der Waals surface area contributed by atoms with Crippen LogP contribution in [0.3, 0.4) is 0 Å². The van der Waals surface area contributed by atoms with E-state index < -0.39 is 0 Å². The van der Waals surface area contributed by atoms with Gasteiger partial charge in [0, 0.05) is 17.5 Å². The largest absolute Gasteiger partial charge is 0.327 e. The number of nitrogens with zero attached hydrogens (tertiary/aromatic N) is 3. The average molecular weight is 262 g/mol. The van der Waals surface area contributed by atoms with Gasteiger partial charge in [-0.1, -0.05) is 37.1 Å². The SMILES string of the molecule is NC1CCCCCC1Sc1nnc2ccccn12. The molecule has 0 aromatic carbocycles. The van der Waals surface area contributed by atoms with Crippen LogP contribution in [-0.4, -0.2) is 25.9 Å². The van der Waals surface area contributed by atoms with Crippen molar-refractivity contribution in [3.05, 3.63) is 24.4 Å². The van der Waals surface area contributed by atoms with Crippen LogP contribution in [0.1, 0.15) is 32.1 Å². The van der Waals surface area contributed by atoms with E-state index in [2.05, 4.69) is 10.2 Å². The Morgan fingerprint density at radius 1 is 1.17 bits per heavy atom. The first-order valence-corrected chi connectivity index (χ1v) is 7.44. The zero-order chi connectivity index (χ0) is 12.4. The first kappa shape index (κ1) is 12.0. The molecule has 5 heteroatoms. The standard InChI is InChI=1S/C13H18N4S/c14-10-6-2-1-3-7-11(10)18-13-16-15-12-8-4-5-9-17(12)13/h4-5,8-11H,1-3,6-7,14H2. The van der Waals surface area contributed by atoms with Crippen molar-refractivity contribution in [3.8, 4) is 0 Å². The molecule has 2 atom stereocenters. The van der Waals surface area contributed by atoms with Crippen molar-refractivity contribution in [2.24, 2.45) is 5.73 Å². The van der Waals surface area contributed by atoms with Crippen molar-refractivity contribution in [3.63, 3.8) is 0 Å². The van der Waals surface area contributed by atoms with Crippen molar-refractivity contribution in [2.75, 3.05) is 0 Å². The highest BCUT2D eigenvalue weighted by Gasteiger charge is 2.23. The number of thioether (sulfide) groups is 1. The van der Waals surface area contributed by atoms with E-state index in [0.717, 1.165) is 17.2 Å². The van der Waals surface area contributed by atoms with Crippen LogP contribution in [0.25, 0.3) is 5.65 Å². The van der Waals surface area contributed by atoms with Gasteiger partial charge in [0.2, 0.25) is 0 Å². The molecule has 3 rings (SSSR count). The van der Waals surface area contributed by atoms with Gasteiger partial charge in [-0.05, 0) is 25.0 Å². The summed E-state index contributed by atoms with van der Waals surface area (Å²) in [6, 6.07) is 6.25. The van der Waals surface area contributed by atoms with Crippen LogP contribution in [-0.2, 0) is 0 Å². The summed E-state index contributed by atoms with van der Waals surface area (Å²) in [6.07, 6.45) is 8.19. The lowest BCUT2D eigenvalue weighted by Crippen LogP contribution is -2.31. The number of nitrogens with two attached hydrogens (primary N) is 1. The molecule has 96 valence electrons. The Bertz CT molecular complexity index is 524. The van der Waals surface area contributed by atoms with Gasteiger partial charge in [0.15, 0.2) is 10.8 Å². The molecule has 0 bridgehead atoms. The number of fused-ring (bicyclic) bond motifs is 1. The minimum Gasteiger partial charge on any atom is -0.327 e. The Morgan fingerprint density at radius 2 is 2.06 bits per heavy atom. The second kappa shape index (κ2) is 5.28. The summed E-state index contributed by atoms with van der Waals surface area (Å²) >= 11 is 1.79. The predicted molar refractivity (Wildman–Crippen MR) is 73.7 cm³/mol. The summed E-state index contributed by atoms with van der Waals surface area (Å²) < 4.78 is 2.04. The highest BCUT2D eigenvalue weighted by molar-refractivity contribution is 7.99. The smallest absolute Gasteiger partial charge is 0.195 e. The second-order valence-electron chi connectivity index (χ2n) is 4.87. The summed E-state index contributed by atoms with van der Waals surface area (Å²) in [4.78, 5) is 0. The summed E-state index contributed by atoms with van der Waals surface area (Å²) in [5.74, 6) is 0. The predicted octanol–water partition coefficient (Wildman–Crippen LogP) is 2.48. The molecule has 0 aliphatic heterocycles. The lowest BCUT2D eigenvalue weighted by molar-refractivity contribution is 0.595. The Balaban J connectivity index is 1.82. The van der Waals surface area contributed by atoms with Gasteiger partial charge in [-0.25, -0.2) is 0 Å². The fourth-order valence-electron chi connectivity index (χ4n) is 2.48. The molecule has 0 saturated heterocycles. The molecule has 0 amide bonds. The third-order valence-electron chi connectivity index (χ3n) is 3.54. The number of aromatic nitrogens is 3. The van der Waals surface area contributed by atoms with E-state index >= 15 is 0 Å². The van der Waals surface area contributed by atoms with Crippen LogP contribution in [0.2, 0.25) is 0 Å². The fraction of sp³-hybridized carbons (Fsp3) is 0.538. The van der Waals surface area contributed by atoms with E-state index in [1.165, 1.54) is 25.7 Å². The first-order valence-electron chi connectivity index (χ1n) is 6.56. The molecule has 2 unspecified atom stereocenters. The van der Waals surface area contributed by atoms with E-state index in [9.17, 15) is 0 Å². The highest BCUT2D eigenvalue weighted by Crippen LogP contribution is 2.31. The van der Waals surface area contributed by atoms with Gasteiger partial charge in [-0.15, -0.1) is 10.2 Å². The lowest BCUT2D eigenvalue weighted by Gasteiger charge is -2.19. The Hall–Kier alpha value is -1.07. The van der Waals surface area contributed by atoms with Crippen LogP contribution in [0.5, 0.6) is 0 Å². The van der Waals surface area contributed by atoms with Gasteiger partial charge >= 0.3 is 0 Å². The zero-order valence-electron chi connectivity index (χ0n) is 10.3. The monoisotopic (exact) mass is 262 g/mol. The number of rotatable bonds is 2. The maximum absolute atomic E-state index is 6.26. The molecule has 2 aromatic rings. The molecule has 2 N–H and O–H groups in total. The van der Waals surface area contributed by atoms with E-state index in [1.54, 1.807) is 11.8 Å². The summed E-state index contributed by atoms with van der Waals surface area (Å²) in [5.41, 5.74) is 7.17. The van der Waals surface area contributed by atoms with Crippen molar-refractivity contribution < 1.29 is 0 Å². The molecular weight excluding hydrogens is 244 g/mol. The average Bonchev–Trinajstić information content (AvgIpc) is 2.69. The van der Waals surface area contributed by atoms with Gasteiger partial charge in [0.05, 0.1) is 0 Å². The Kier molecular flexibility index (Phi) is 3.52. The van der Waals surface area contributed by atoms with Crippen molar-refractivity contribution in [1.29, 1.82) is 0 Å². The second-order valence-corrected chi connectivity index (χ2v) is 6.08. The fourth-order valence-corrected chi connectivity index (χ4v) is 3.71. The minimum atomic E-state index is 0.286. The molecule has 18 heavy (non-hydrogen) atoms. The highest BCUT2D eigenvalue weighted by atomic mass is 32.2. The summed E-state index contributed by atoms with van der Waals surface area (Å²) in [5, 5.41) is 9.90. The van der Waals surface area contributed by atoms with E-state index in [4.69, 9.17) is 5.73 Å². The van der Waals surface area contributed by atoms with Crippen LogP contribution < -0.4 is 5.73 Å². The maximum atomic E-state index is 6.26.